The molecule has 2 rings (SSSR count). The van der Waals surface area contributed by atoms with E-state index < -0.39 is 0 Å². The highest BCUT2D eigenvalue weighted by molar-refractivity contribution is 5.77. The lowest BCUT2D eigenvalue weighted by Crippen LogP contribution is -2.14. The van der Waals surface area contributed by atoms with Gasteiger partial charge in [-0.1, -0.05) is 19.1 Å². The summed E-state index contributed by atoms with van der Waals surface area (Å²) in [7, 11) is 1.67. The van der Waals surface area contributed by atoms with Gasteiger partial charge >= 0.3 is 0 Å². The third-order valence-corrected chi connectivity index (χ3v) is 2.85. The quantitative estimate of drug-likeness (QED) is 0.877. The molecule has 1 heterocycles. The van der Waals surface area contributed by atoms with E-state index in [1.54, 1.807) is 13.2 Å². The molecular weight excluding hydrogens is 216 g/mol. The van der Waals surface area contributed by atoms with Crippen molar-refractivity contribution in [3.05, 3.63) is 40.4 Å². The van der Waals surface area contributed by atoms with Crippen molar-refractivity contribution in [1.29, 1.82) is 0 Å². The highest BCUT2D eigenvalue weighted by Gasteiger charge is 2.10. The highest BCUT2D eigenvalue weighted by Crippen LogP contribution is 2.15. The number of nitrogens with zero attached hydrogens (tertiary/aromatic N) is 1. The topological polar surface area (TPSA) is 55.0 Å². The molecule has 90 valence electrons. The number of H-pyrrole nitrogens is 1. The first-order valence-corrected chi connectivity index (χ1v) is 5.70. The molecule has 0 fully saturated rings. The van der Waals surface area contributed by atoms with Crippen molar-refractivity contribution in [2.75, 3.05) is 13.7 Å². The van der Waals surface area contributed by atoms with Gasteiger partial charge in [0.05, 0.1) is 10.9 Å². The van der Waals surface area contributed by atoms with Gasteiger partial charge in [0.15, 0.2) is 0 Å². The monoisotopic (exact) mass is 232 g/mol. The van der Waals surface area contributed by atoms with Gasteiger partial charge in [-0.05, 0) is 18.6 Å². The minimum Gasteiger partial charge on any atom is -0.385 e. The van der Waals surface area contributed by atoms with Gasteiger partial charge in [0, 0.05) is 19.6 Å². The Morgan fingerprint density at radius 1 is 1.41 bits per heavy atom. The summed E-state index contributed by atoms with van der Waals surface area (Å²) in [6.45, 7) is 2.70. The van der Waals surface area contributed by atoms with Crippen LogP contribution in [0.4, 0.5) is 0 Å². The van der Waals surface area contributed by atoms with E-state index in [4.69, 9.17) is 4.74 Å². The van der Waals surface area contributed by atoms with E-state index in [-0.39, 0.29) is 11.5 Å². The summed E-state index contributed by atoms with van der Waals surface area (Å²) in [5, 5.41) is 0.634. The molecule has 0 aliphatic heterocycles. The summed E-state index contributed by atoms with van der Waals surface area (Å²) in [5.74, 6) is 0.915. The van der Waals surface area contributed by atoms with Crippen LogP contribution in [0.5, 0.6) is 0 Å². The molecule has 2 aromatic rings. The van der Waals surface area contributed by atoms with Gasteiger partial charge in [0.1, 0.15) is 5.82 Å². The predicted octanol–water partition coefficient (Wildman–Crippen LogP) is 2.06. The van der Waals surface area contributed by atoms with Crippen molar-refractivity contribution in [2.45, 2.75) is 19.3 Å². The summed E-state index contributed by atoms with van der Waals surface area (Å²) >= 11 is 0. The first kappa shape index (κ1) is 11.8. The number of para-hydroxylation sites is 1. The van der Waals surface area contributed by atoms with E-state index >= 15 is 0 Å². The van der Waals surface area contributed by atoms with Gasteiger partial charge in [0.25, 0.3) is 5.56 Å². The van der Waals surface area contributed by atoms with Crippen LogP contribution in [0, 0.1) is 0 Å². The van der Waals surface area contributed by atoms with Crippen LogP contribution in [0.15, 0.2) is 29.1 Å². The number of aromatic nitrogens is 2. The standard InChI is InChI=1S/C13H16N2O2/c1-9(7-8-17-2)12-14-11-6-4-3-5-10(11)13(16)15-12/h3-6,9H,7-8H2,1-2H3,(H,14,15,16). The normalized spacial score (nSPS) is 12.8. The van der Waals surface area contributed by atoms with Gasteiger partial charge in [-0.2, -0.15) is 0 Å². The molecule has 17 heavy (non-hydrogen) atoms. The maximum Gasteiger partial charge on any atom is 0.258 e. The molecule has 1 aromatic carbocycles. The Bertz CT molecular complexity index is 563. The average molecular weight is 232 g/mol. The Labute approximate surface area is 99.7 Å². The number of hydrogen-bond donors (Lipinski definition) is 1. The number of aromatic amines is 1. The summed E-state index contributed by atoms with van der Waals surface area (Å²) < 4.78 is 5.03. The van der Waals surface area contributed by atoms with Crippen LogP contribution in [-0.4, -0.2) is 23.7 Å². The molecule has 1 N–H and O–H groups in total. The van der Waals surface area contributed by atoms with Crippen LogP contribution in [0.3, 0.4) is 0 Å². The number of hydrogen-bond acceptors (Lipinski definition) is 3. The fourth-order valence-corrected chi connectivity index (χ4v) is 1.77. The number of fused-ring (bicyclic) bond motifs is 1. The number of rotatable bonds is 4. The van der Waals surface area contributed by atoms with Gasteiger partial charge < -0.3 is 9.72 Å². The molecule has 0 saturated carbocycles. The Kier molecular flexibility index (Phi) is 3.54. The third-order valence-electron chi connectivity index (χ3n) is 2.85. The molecule has 0 saturated heterocycles. The van der Waals surface area contributed by atoms with E-state index in [2.05, 4.69) is 9.97 Å². The smallest absolute Gasteiger partial charge is 0.258 e. The maximum atomic E-state index is 11.9. The Morgan fingerprint density at radius 3 is 2.94 bits per heavy atom. The molecule has 0 radical (unpaired) electrons. The lowest BCUT2D eigenvalue weighted by molar-refractivity contribution is 0.188. The second-order valence-corrected chi connectivity index (χ2v) is 4.15. The zero-order valence-electron chi connectivity index (χ0n) is 10.1. The molecule has 0 aliphatic rings. The molecule has 4 nitrogen and oxygen atoms in total. The van der Waals surface area contributed by atoms with Crippen molar-refractivity contribution in [1.82, 2.24) is 9.97 Å². The van der Waals surface area contributed by atoms with Gasteiger partial charge in [-0.25, -0.2) is 4.98 Å². The minimum absolute atomic E-state index is 0.0742. The molecule has 1 aromatic heterocycles. The van der Waals surface area contributed by atoms with Crippen LogP contribution >= 0.6 is 0 Å². The zero-order valence-corrected chi connectivity index (χ0v) is 10.1. The summed E-state index contributed by atoms with van der Waals surface area (Å²) in [6, 6.07) is 7.37. The molecule has 1 unspecified atom stereocenters. The number of benzene rings is 1. The highest BCUT2D eigenvalue weighted by atomic mass is 16.5. The zero-order chi connectivity index (χ0) is 12.3. The van der Waals surface area contributed by atoms with Crippen molar-refractivity contribution < 1.29 is 4.74 Å². The lowest BCUT2D eigenvalue weighted by atomic mass is 10.1. The van der Waals surface area contributed by atoms with Crippen molar-refractivity contribution in [3.63, 3.8) is 0 Å². The van der Waals surface area contributed by atoms with E-state index in [0.717, 1.165) is 17.8 Å². The number of nitrogens with one attached hydrogen (secondary N) is 1. The van der Waals surface area contributed by atoms with E-state index in [1.165, 1.54) is 0 Å². The summed E-state index contributed by atoms with van der Waals surface area (Å²) in [6.07, 6.45) is 0.845. The first-order chi connectivity index (χ1) is 8.22. The molecule has 0 bridgehead atoms. The number of methoxy groups -OCH3 is 1. The van der Waals surface area contributed by atoms with Crippen LogP contribution in [-0.2, 0) is 4.74 Å². The lowest BCUT2D eigenvalue weighted by Gasteiger charge is -2.10. The van der Waals surface area contributed by atoms with Gasteiger partial charge in [0.2, 0.25) is 0 Å². The van der Waals surface area contributed by atoms with E-state index in [1.807, 2.05) is 25.1 Å². The van der Waals surface area contributed by atoms with Gasteiger partial charge in [-0.15, -0.1) is 0 Å². The van der Waals surface area contributed by atoms with E-state index in [0.29, 0.717) is 12.0 Å². The van der Waals surface area contributed by atoms with Crippen LogP contribution in [0.25, 0.3) is 10.9 Å². The molecule has 0 aliphatic carbocycles. The third kappa shape index (κ3) is 2.53. The minimum atomic E-state index is -0.0742. The second kappa shape index (κ2) is 5.10. The molecule has 4 heteroatoms. The Morgan fingerprint density at radius 2 is 2.18 bits per heavy atom. The SMILES string of the molecule is COCCC(C)c1nc2ccccc2c(=O)[nH]1. The molecule has 0 spiro atoms. The number of ether oxygens (including phenoxy) is 1. The fraction of sp³-hybridized carbons (Fsp3) is 0.385. The fourth-order valence-electron chi connectivity index (χ4n) is 1.77. The Hall–Kier alpha value is -1.68. The molecular formula is C13H16N2O2. The average Bonchev–Trinajstić information content (AvgIpc) is 2.36. The maximum absolute atomic E-state index is 11.9. The van der Waals surface area contributed by atoms with Crippen LogP contribution in [0.1, 0.15) is 25.1 Å². The van der Waals surface area contributed by atoms with Crippen molar-refractivity contribution in [2.24, 2.45) is 0 Å². The second-order valence-electron chi connectivity index (χ2n) is 4.15. The van der Waals surface area contributed by atoms with Crippen molar-refractivity contribution in [3.8, 4) is 0 Å². The summed E-state index contributed by atoms with van der Waals surface area (Å²) in [4.78, 5) is 19.2. The predicted molar refractivity (Wildman–Crippen MR) is 67.3 cm³/mol. The van der Waals surface area contributed by atoms with Crippen molar-refractivity contribution >= 4 is 10.9 Å². The van der Waals surface area contributed by atoms with Crippen LogP contribution in [0.2, 0.25) is 0 Å². The molecule has 1 atom stereocenters. The van der Waals surface area contributed by atoms with Gasteiger partial charge in [-0.3, -0.25) is 4.79 Å². The largest absolute Gasteiger partial charge is 0.385 e. The Balaban J connectivity index is 2.39. The van der Waals surface area contributed by atoms with Crippen LogP contribution < -0.4 is 5.56 Å². The molecule has 0 amide bonds. The van der Waals surface area contributed by atoms with E-state index in [9.17, 15) is 4.79 Å². The summed E-state index contributed by atoms with van der Waals surface area (Å²) in [5.41, 5.74) is 0.672. The first-order valence-electron chi connectivity index (χ1n) is 5.70.